The van der Waals surface area contributed by atoms with Gasteiger partial charge in [-0.2, -0.15) is 0 Å². The van der Waals surface area contributed by atoms with Crippen LogP contribution < -0.4 is 14.8 Å². The molecule has 0 aliphatic carbocycles. The Kier molecular flexibility index (Phi) is 4.39. The summed E-state index contributed by atoms with van der Waals surface area (Å²) in [4.78, 5) is 20.9. The molecule has 132 valence electrons. The fourth-order valence-corrected chi connectivity index (χ4v) is 3.11. The van der Waals surface area contributed by atoms with Crippen molar-refractivity contribution in [2.45, 2.75) is 19.4 Å². The molecule has 1 N–H and O–H groups in total. The van der Waals surface area contributed by atoms with Crippen LogP contribution >= 0.6 is 0 Å². The highest BCUT2D eigenvalue weighted by Crippen LogP contribution is 2.31. The lowest BCUT2D eigenvalue weighted by molar-refractivity contribution is -0.124. The monoisotopic (exact) mass is 349 g/mol. The summed E-state index contributed by atoms with van der Waals surface area (Å²) in [6, 6.07) is 11.4. The van der Waals surface area contributed by atoms with Crippen molar-refractivity contribution in [1.29, 1.82) is 0 Å². The molecule has 1 aromatic carbocycles. The van der Waals surface area contributed by atoms with E-state index in [0.717, 1.165) is 34.3 Å². The van der Waals surface area contributed by atoms with Crippen molar-refractivity contribution in [3.05, 3.63) is 60.0 Å². The second-order valence-electron chi connectivity index (χ2n) is 6.22. The number of nitrogens with zero attached hydrogens (tertiary/aromatic N) is 2. The number of para-hydroxylation sites is 1. The van der Waals surface area contributed by atoms with Gasteiger partial charge in [0.2, 0.25) is 0 Å². The maximum atomic E-state index is 12.4. The number of amides is 1. The van der Waals surface area contributed by atoms with Gasteiger partial charge in [-0.1, -0.05) is 18.2 Å². The minimum absolute atomic E-state index is 0.0592. The zero-order valence-electron chi connectivity index (χ0n) is 14.4. The van der Waals surface area contributed by atoms with E-state index in [1.807, 2.05) is 43.3 Å². The van der Waals surface area contributed by atoms with Gasteiger partial charge in [0.25, 0.3) is 5.91 Å². The molecule has 1 aliphatic rings. The van der Waals surface area contributed by atoms with Gasteiger partial charge in [-0.05, 0) is 25.1 Å². The molecule has 0 radical (unpaired) electrons. The third-order valence-electron chi connectivity index (χ3n) is 4.41. The molecular formula is C20H19N3O3. The molecule has 0 bridgehead atoms. The summed E-state index contributed by atoms with van der Waals surface area (Å²) in [6.45, 7) is 2.39. The zero-order valence-corrected chi connectivity index (χ0v) is 14.4. The second-order valence-corrected chi connectivity index (χ2v) is 6.22. The van der Waals surface area contributed by atoms with Crippen LogP contribution in [-0.4, -0.2) is 29.1 Å². The van der Waals surface area contributed by atoms with Gasteiger partial charge in [0, 0.05) is 29.8 Å². The number of hydrogen-bond acceptors (Lipinski definition) is 5. The highest BCUT2D eigenvalue weighted by molar-refractivity contribution is 5.80. The van der Waals surface area contributed by atoms with Gasteiger partial charge in [0.05, 0.1) is 23.9 Å². The fraction of sp³-hybridized carbons (Fsp3) is 0.250. The highest BCUT2D eigenvalue weighted by Gasteiger charge is 2.22. The Hall–Kier alpha value is -3.15. The number of aryl methyl sites for hydroxylation is 1. The Bertz CT molecular complexity index is 958. The summed E-state index contributed by atoms with van der Waals surface area (Å²) in [7, 11) is 0. The first-order valence-corrected chi connectivity index (χ1v) is 8.56. The molecule has 4 rings (SSSR count). The van der Waals surface area contributed by atoms with Crippen LogP contribution in [0.4, 0.5) is 0 Å². The number of carbonyl (C=O) groups is 1. The fourth-order valence-electron chi connectivity index (χ4n) is 3.11. The van der Waals surface area contributed by atoms with E-state index in [1.165, 1.54) is 0 Å². The van der Waals surface area contributed by atoms with Crippen LogP contribution in [0.2, 0.25) is 0 Å². The molecule has 1 unspecified atom stereocenters. The van der Waals surface area contributed by atoms with Crippen molar-refractivity contribution in [1.82, 2.24) is 15.3 Å². The molecule has 1 amide bonds. The Labute approximate surface area is 151 Å². The van der Waals surface area contributed by atoms with Gasteiger partial charge in [-0.15, -0.1) is 0 Å². The van der Waals surface area contributed by atoms with E-state index in [2.05, 4.69) is 15.3 Å². The number of hydrogen-bond donors (Lipinski definition) is 1. The van der Waals surface area contributed by atoms with Gasteiger partial charge in [0.15, 0.2) is 6.61 Å². The Morgan fingerprint density at radius 1 is 1.35 bits per heavy atom. The smallest absolute Gasteiger partial charge is 0.258 e. The van der Waals surface area contributed by atoms with E-state index >= 15 is 0 Å². The van der Waals surface area contributed by atoms with Crippen LogP contribution in [0, 0.1) is 6.92 Å². The second kappa shape index (κ2) is 7.00. The largest absolute Gasteiger partial charge is 0.493 e. The summed E-state index contributed by atoms with van der Waals surface area (Å²) >= 11 is 0. The SMILES string of the molecule is Cc1nc2ccncc2cc1OCC(=O)NC1CCOc2ccccc21. The molecule has 1 atom stereocenters. The summed E-state index contributed by atoms with van der Waals surface area (Å²) in [5, 5.41) is 3.91. The maximum Gasteiger partial charge on any atom is 0.258 e. The average molecular weight is 349 g/mol. The molecule has 3 heterocycles. The van der Waals surface area contributed by atoms with Crippen molar-refractivity contribution >= 4 is 16.8 Å². The Balaban J connectivity index is 1.43. The van der Waals surface area contributed by atoms with Crippen LogP contribution in [-0.2, 0) is 4.79 Å². The van der Waals surface area contributed by atoms with Crippen molar-refractivity contribution < 1.29 is 14.3 Å². The summed E-state index contributed by atoms with van der Waals surface area (Å²) in [5.41, 5.74) is 2.60. The first-order valence-electron chi connectivity index (χ1n) is 8.56. The average Bonchev–Trinajstić information content (AvgIpc) is 2.66. The van der Waals surface area contributed by atoms with E-state index in [-0.39, 0.29) is 18.6 Å². The molecule has 1 aliphatic heterocycles. The maximum absolute atomic E-state index is 12.4. The minimum Gasteiger partial charge on any atom is -0.493 e. The quantitative estimate of drug-likeness (QED) is 0.784. The van der Waals surface area contributed by atoms with Crippen LogP contribution in [0.5, 0.6) is 11.5 Å². The predicted molar refractivity (Wildman–Crippen MR) is 97.2 cm³/mol. The van der Waals surface area contributed by atoms with Crippen LogP contribution in [0.15, 0.2) is 48.8 Å². The number of ether oxygens (including phenoxy) is 2. The number of fused-ring (bicyclic) bond motifs is 2. The number of pyridine rings is 2. The molecule has 26 heavy (non-hydrogen) atoms. The normalized spacial score (nSPS) is 15.8. The van der Waals surface area contributed by atoms with Crippen LogP contribution in [0.1, 0.15) is 23.7 Å². The lowest BCUT2D eigenvalue weighted by Gasteiger charge is -2.26. The minimum atomic E-state index is -0.169. The highest BCUT2D eigenvalue weighted by atomic mass is 16.5. The third-order valence-corrected chi connectivity index (χ3v) is 4.41. The molecule has 0 saturated heterocycles. The molecular weight excluding hydrogens is 330 g/mol. The van der Waals surface area contributed by atoms with E-state index < -0.39 is 0 Å². The molecule has 6 nitrogen and oxygen atoms in total. The lowest BCUT2D eigenvalue weighted by atomic mass is 10.0. The topological polar surface area (TPSA) is 73.3 Å². The van der Waals surface area contributed by atoms with Gasteiger partial charge in [0.1, 0.15) is 11.5 Å². The van der Waals surface area contributed by atoms with Gasteiger partial charge < -0.3 is 14.8 Å². The van der Waals surface area contributed by atoms with E-state index in [9.17, 15) is 4.79 Å². The van der Waals surface area contributed by atoms with Crippen molar-refractivity contribution in [3.63, 3.8) is 0 Å². The standard InChI is InChI=1S/C20H19N3O3/c1-13-19(10-14-11-21-8-6-16(14)22-13)26-12-20(24)23-17-7-9-25-18-5-3-2-4-15(17)18/h2-6,8,10-11,17H,7,9,12H2,1H3,(H,23,24). The first kappa shape index (κ1) is 16.3. The van der Waals surface area contributed by atoms with Crippen molar-refractivity contribution in [3.8, 4) is 11.5 Å². The van der Waals surface area contributed by atoms with E-state index in [1.54, 1.807) is 12.4 Å². The Morgan fingerprint density at radius 3 is 3.15 bits per heavy atom. The molecule has 3 aromatic rings. The molecule has 0 spiro atoms. The number of aromatic nitrogens is 2. The third kappa shape index (κ3) is 3.31. The molecule has 0 saturated carbocycles. The van der Waals surface area contributed by atoms with Crippen LogP contribution in [0.3, 0.4) is 0 Å². The van der Waals surface area contributed by atoms with Crippen molar-refractivity contribution in [2.75, 3.05) is 13.2 Å². The first-order chi connectivity index (χ1) is 12.7. The van der Waals surface area contributed by atoms with Gasteiger partial charge >= 0.3 is 0 Å². The summed E-state index contributed by atoms with van der Waals surface area (Å²) < 4.78 is 11.3. The van der Waals surface area contributed by atoms with Gasteiger partial charge in [-0.25, -0.2) is 4.98 Å². The molecule has 6 heteroatoms. The summed E-state index contributed by atoms with van der Waals surface area (Å²) in [6.07, 6.45) is 4.17. The number of rotatable bonds is 4. The lowest BCUT2D eigenvalue weighted by Crippen LogP contribution is -2.35. The number of nitrogens with one attached hydrogen (secondary N) is 1. The van der Waals surface area contributed by atoms with E-state index in [0.29, 0.717) is 12.4 Å². The molecule has 2 aromatic heterocycles. The molecule has 0 fully saturated rings. The Morgan fingerprint density at radius 2 is 2.23 bits per heavy atom. The predicted octanol–water partition coefficient (Wildman–Crippen LogP) is 2.96. The van der Waals surface area contributed by atoms with Crippen LogP contribution in [0.25, 0.3) is 10.9 Å². The van der Waals surface area contributed by atoms with Crippen molar-refractivity contribution in [2.24, 2.45) is 0 Å². The van der Waals surface area contributed by atoms with E-state index in [4.69, 9.17) is 9.47 Å². The van der Waals surface area contributed by atoms with Gasteiger partial charge in [-0.3, -0.25) is 9.78 Å². The number of carbonyl (C=O) groups excluding carboxylic acids is 1. The number of benzene rings is 1. The summed E-state index contributed by atoms with van der Waals surface area (Å²) in [5.74, 6) is 1.25. The zero-order chi connectivity index (χ0) is 17.9.